The molecule has 11 heteroatoms. The van der Waals surface area contributed by atoms with Crippen LogP contribution in [0.1, 0.15) is 155 Å². The van der Waals surface area contributed by atoms with E-state index in [1.807, 2.05) is 30.4 Å². The van der Waals surface area contributed by atoms with E-state index in [4.69, 9.17) is 27.2 Å². The van der Waals surface area contributed by atoms with Crippen molar-refractivity contribution in [2.75, 3.05) is 13.7 Å². The van der Waals surface area contributed by atoms with Crippen LogP contribution in [-0.4, -0.2) is 82.6 Å². The lowest BCUT2D eigenvalue weighted by atomic mass is 9.85. The van der Waals surface area contributed by atoms with E-state index in [9.17, 15) is 5.11 Å². The van der Waals surface area contributed by atoms with E-state index in [2.05, 4.69) is 213 Å². The number of ether oxygens (including phenoxy) is 2. The summed E-state index contributed by atoms with van der Waals surface area (Å²) < 4.78 is 41.9. The van der Waals surface area contributed by atoms with Gasteiger partial charge in [0.05, 0.1) is 50.8 Å². The van der Waals surface area contributed by atoms with E-state index in [1.165, 1.54) is 0 Å². The summed E-state index contributed by atoms with van der Waals surface area (Å²) in [4.78, 5) is 0. The molecule has 0 aliphatic rings. The third-order valence-electron chi connectivity index (χ3n) is 17.5. The molecule has 72 heavy (non-hydrogen) atoms. The monoisotopic (exact) mass is 1070 g/mol. The first-order valence-electron chi connectivity index (χ1n) is 27.9. The fraction of sp³-hybridized carbons (Fsp3) is 0.770. The number of methoxy groups -OCH3 is 1. The highest BCUT2D eigenvalue weighted by Crippen LogP contribution is 2.44. The van der Waals surface area contributed by atoms with E-state index in [-0.39, 0.29) is 81.0 Å². The Morgan fingerprint density at radius 2 is 1.01 bits per heavy atom. The number of rotatable bonds is 31. The fourth-order valence-corrected chi connectivity index (χ4v) is 13.8. The molecule has 0 spiro atoms. The van der Waals surface area contributed by atoms with E-state index >= 15 is 0 Å². The molecule has 10 atom stereocenters. The van der Waals surface area contributed by atoms with Gasteiger partial charge in [-0.25, -0.2) is 0 Å². The van der Waals surface area contributed by atoms with Gasteiger partial charge in [-0.1, -0.05) is 192 Å². The third kappa shape index (κ3) is 21.9. The second-order valence-corrected chi connectivity index (χ2v) is 46.8. The highest BCUT2D eigenvalue weighted by Gasteiger charge is 2.45. The molecule has 418 valence electrons. The Morgan fingerprint density at radius 3 is 1.49 bits per heavy atom. The van der Waals surface area contributed by atoms with Gasteiger partial charge in [-0.3, -0.25) is 0 Å². The van der Waals surface area contributed by atoms with Crippen molar-refractivity contribution in [1.82, 2.24) is 0 Å². The third-order valence-corrected chi connectivity index (χ3v) is 35.5. The van der Waals surface area contributed by atoms with Crippen LogP contribution in [0, 0.1) is 29.6 Å². The first-order chi connectivity index (χ1) is 32.7. The highest BCUT2D eigenvalue weighted by molar-refractivity contribution is 6.75. The van der Waals surface area contributed by atoms with Crippen molar-refractivity contribution in [1.29, 1.82) is 0 Å². The van der Waals surface area contributed by atoms with Gasteiger partial charge >= 0.3 is 0 Å². The van der Waals surface area contributed by atoms with Crippen LogP contribution in [0.2, 0.25) is 72.5 Å². The highest BCUT2D eigenvalue weighted by atomic mass is 28.4. The maximum absolute atomic E-state index is 9.79. The van der Waals surface area contributed by atoms with Crippen LogP contribution < -0.4 is 4.74 Å². The summed E-state index contributed by atoms with van der Waals surface area (Å²) in [6, 6.07) is 8.20. The second-order valence-electron chi connectivity index (χ2n) is 27.8. The number of aliphatic hydroxyl groups is 1. The van der Waals surface area contributed by atoms with E-state index in [1.54, 1.807) is 7.11 Å². The Balaban J connectivity index is 3.70. The van der Waals surface area contributed by atoms with Gasteiger partial charge in [-0.15, -0.1) is 0 Å². The SMILES string of the molecule is C=C/C=C\[C@H](C)[C@H](OCc1ccc(OC)cc1)[C@@H](C)[C@@H](CCCC[C@H](C)[C@@H](O[Si](C)(C)C(C)(C)C)[C@@H](C)/C=C\[C@H](C[C@H](O[Si](C)(C)C(C)(C)C)[C@H](C)/C=C/CO)O[Si](C)(C)C(C)(C)C)O[Si](C)(C)C(C)(C)C. The number of unbranched alkanes of at least 4 members (excludes halogenated alkanes) is 1. The zero-order chi connectivity index (χ0) is 55.9. The predicted molar refractivity (Wildman–Crippen MR) is 323 cm³/mol. The average molecular weight is 1070 g/mol. The van der Waals surface area contributed by atoms with Crippen LogP contribution in [0.3, 0.4) is 0 Å². The van der Waals surface area contributed by atoms with Crippen molar-refractivity contribution >= 4 is 33.3 Å². The van der Waals surface area contributed by atoms with Gasteiger partial charge in [0.15, 0.2) is 33.3 Å². The first kappa shape index (κ1) is 68.6. The summed E-state index contributed by atoms with van der Waals surface area (Å²) in [7, 11) is -6.92. The summed E-state index contributed by atoms with van der Waals surface area (Å²) in [5, 5.41) is 10.0. The van der Waals surface area contributed by atoms with Gasteiger partial charge in [0.2, 0.25) is 0 Å². The number of benzene rings is 1. The number of allylic oxidation sites excluding steroid dienone is 2. The molecule has 0 saturated heterocycles. The van der Waals surface area contributed by atoms with Gasteiger partial charge < -0.3 is 32.3 Å². The van der Waals surface area contributed by atoms with E-state index < -0.39 is 33.3 Å². The van der Waals surface area contributed by atoms with Crippen molar-refractivity contribution in [2.45, 2.75) is 259 Å². The lowest BCUT2D eigenvalue weighted by Crippen LogP contribution is -2.48. The van der Waals surface area contributed by atoms with Crippen LogP contribution in [-0.2, 0) is 29.0 Å². The van der Waals surface area contributed by atoms with Crippen molar-refractivity contribution in [3.05, 3.63) is 78.9 Å². The molecule has 1 N–H and O–H groups in total. The van der Waals surface area contributed by atoms with Gasteiger partial charge in [0, 0.05) is 18.3 Å². The second kappa shape index (κ2) is 28.8. The van der Waals surface area contributed by atoms with Crippen LogP contribution >= 0.6 is 0 Å². The first-order valence-corrected chi connectivity index (χ1v) is 39.5. The topological polar surface area (TPSA) is 75.6 Å². The summed E-state index contributed by atoms with van der Waals surface area (Å²) in [5.41, 5.74) is 1.13. The zero-order valence-corrected chi connectivity index (χ0v) is 55.7. The van der Waals surface area contributed by atoms with Gasteiger partial charge in [0.1, 0.15) is 5.75 Å². The molecule has 0 radical (unpaired) electrons. The average Bonchev–Trinajstić information content (AvgIpc) is 3.24. The smallest absolute Gasteiger partial charge is 0.192 e. The Bertz CT molecular complexity index is 1790. The van der Waals surface area contributed by atoms with Crippen LogP contribution in [0.25, 0.3) is 0 Å². The molecule has 1 rings (SSSR count). The Labute approximate surface area is 450 Å². The molecule has 0 bridgehead atoms. The van der Waals surface area contributed by atoms with Gasteiger partial charge in [0.25, 0.3) is 0 Å². The molecule has 0 aliphatic carbocycles. The minimum absolute atomic E-state index is 0.0195. The number of hydrogen-bond donors (Lipinski definition) is 1. The molecule has 1 aromatic rings. The Kier molecular flexibility index (Phi) is 27.5. The van der Waals surface area contributed by atoms with Gasteiger partial charge in [-0.2, -0.15) is 0 Å². The molecular formula is C61H116O7Si4. The molecular weight excluding hydrogens is 957 g/mol. The minimum Gasteiger partial charge on any atom is -0.497 e. The normalized spacial score (nSPS) is 18.5. The molecule has 0 unspecified atom stereocenters. The van der Waals surface area contributed by atoms with E-state index in [0.717, 1.165) is 43.4 Å². The van der Waals surface area contributed by atoms with Crippen molar-refractivity contribution in [3.63, 3.8) is 0 Å². The summed E-state index contributed by atoms with van der Waals surface area (Å²) in [6.45, 7) is 63.1. The lowest BCUT2D eigenvalue weighted by Gasteiger charge is -2.44. The molecule has 0 aromatic heterocycles. The summed E-state index contributed by atoms with van der Waals surface area (Å²) in [5.74, 6) is 1.77. The molecule has 0 aliphatic heterocycles. The number of hydrogen-bond acceptors (Lipinski definition) is 7. The molecule has 1 aromatic carbocycles. The Morgan fingerprint density at radius 1 is 0.556 bits per heavy atom. The maximum atomic E-state index is 9.79. The summed E-state index contributed by atoms with van der Waals surface area (Å²) in [6.07, 6.45) is 19.7. The predicted octanol–water partition coefficient (Wildman–Crippen LogP) is 18.1. The molecule has 7 nitrogen and oxygen atoms in total. The molecule has 0 fully saturated rings. The standard InChI is InChI=1S/C61H116O7Si4/c1-28-29-33-48(4)57(64-45-51-38-41-52(63-19)42-39-51)50(6)54(66-70(22,23)59(10,11)12)36-31-30-34-47(3)56(68-72(26,27)61(16,17)18)49(5)37-40-53(65-69(20,21)58(7,8)9)44-55(46(2)35-32-43-62)67-71(24,25)60(13,14)15/h28-29,32-33,35,37-42,46-50,53-57,62H,1,30-31,34,36,43-45H2,2-27H3/b33-29-,35-32+,40-37-/t46-,47+,48+,49+,50+,53-,54-,55+,56-,57+/m1/s1. The minimum atomic E-state index is -2.19. The quantitative estimate of drug-likeness (QED) is 0.0344. The summed E-state index contributed by atoms with van der Waals surface area (Å²) >= 11 is 0. The number of aliphatic hydroxyl groups excluding tert-OH is 1. The lowest BCUT2D eigenvalue weighted by molar-refractivity contribution is -0.0544. The van der Waals surface area contributed by atoms with Crippen molar-refractivity contribution < 1.29 is 32.3 Å². The van der Waals surface area contributed by atoms with Crippen molar-refractivity contribution in [2.24, 2.45) is 29.6 Å². The van der Waals surface area contributed by atoms with Crippen LogP contribution in [0.4, 0.5) is 0 Å². The van der Waals surface area contributed by atoms with Crippen LogP contribution in [0.15, 0.2) is 73.4 Å². The largest absolute Gasteiger partial charge is 0.497 e. The fourth-order valence-electron chi connectivity index (χ4n) is 8.17. The Hall–Kier alpha value is -1.39. The zero-order valence-electron chi connectivity index (χ0n) is 51.7. The van der Waals surface area contributed by atoms with Crippen molar-refractivity contribution in [3.8, 4) is 5.75 Å². The molecule has 0 saturated carbocycles. The van der Waals surface area contributed by atoms with Crippen LogP contribution in [0.5, 0.6) is 5.75 Å². The van der Waals surface area contributed by atoms with E-state index in [0.29, 0.717) is 12.5 Å². The van der Waals surface area contributed by atoms with Gasteiger partial charge in [-0.05, 0) is 121 Å². The maximum Gasteiger partial charge on any atom is 0.192 e. The molecule has 0 heterocycles. The molecule has 0 amide bonds.